The average molecular weight is 273 g/mol. The van der Waals surface area contributed by atoms with Gasteiger partial charge in [0.15, 0.2) is 5.76 Å². The predicted octanol–water partition coefficient (Wildman–Crippen LogP) is 3.33. The van der Waals surface area contributed by atoms with Crippen molar-refractivity contribution in [2.75, 3.05) is 0 Å². The van der Waals surface area contributed by atoms with Gasteiger partial charge < -0.3 is 8.94 Å². The minimum atomic E-state index is 0.470. The SMILES string of the molecule is Cc1ccc(SCc2nc(-c3ccco3)no2)nc1. The Morgan fingerprint density at radius 1 is 1.26 bits per heavy atom. The Balaban J connectivity index is 1.66. The molecule has 5 nitrogen and oxygen atoms in total. The first kappa shape index (κ1) is 12.0. The lowest BCUT2D eigenvalue weighted by molar-refractivity contribution is 0.390. The first-order chi connectivity index (χ1) is 9.31. The van der Waals surface area contributed by atoms with E-state index in [1.807, 2.05) is 25.3 Å². The maximum Gasteiger partial charge on any atom is 0.238 e. The van der Waals surface area contributed by atoms with E-state index in [2.05, 4.69) is 15.1 Å². The van der Waals surface area contributed by atoms with Crippen LogP contribution in [-0.4, -0.2) is 15.1 Å². The summed E-state index contributed by atoms with van der Waals surface area (Å²) >= 11 is 1.55. The molecular weight excluding hydrogens is 262 g/mol. The molecule has 3 rings (SSSR count). The Bertz CT molecular complexity index is 647. The van der Waals surface area contributed by atoms with Crippen LogP contribution in [0.4, 0.5) is 0 Å². The van der Waals surface area contributed by atoms with Gasteiger partial charge in [0.25, 0.3) is 0 Å². The molecule has 0 spiro atoms. The summed E-state index contributed by atoms with van der Waals surface area (Å²) in [6, 6.07) is 7.58. The summed E-state index contributed by atoms with van der Waals surface area (Å²) in [6.45, 7) is 2.01. The van der Waals surface area contributed by atoms with Gasteiger partial charge in [-0.1, -0.05) is 23.0 Å². The van der Waals surface area contributed by atoms with E-state index in [4.69, 9.17) is 8.94 Å². The van der Waals surface area contributed by atoms with E-state index in [0.29, 0.717) is 23.2 Å². The molecule has 0 aromatic carbocycles. The number of hydrogen-bond acceptors (Lipinski definition) is 6. The molecule has 0 bridgehead atoms. The van der Waals surface area contributed by atoms with Crippen LogP contribution in [0.25, 0.3) is 11.6 Å². The fourth-order valence-corrected chi connectivity index (χ4v) is 2.17. The minimum absolute atomic E-state index is 0.470. The molecular formula is C13H11N3O2S. The smallest absolute Gasteiger partial charge is 0.238 e. The van der Waals surface area contributed by atoms with E-state index < -0.39 is 0 Å². The topological polar surface area (TPSA) is 65.0 Å². The van der Waals surface area contributed by atoms with E-state index in [-0.39, 0.29) is 0 Å². The summed E-state index contributed by atoms with van der Waals surface area (Å²) < 4.78 is 10.4. The normalized spacial score (nSPS) is 10.8. The first-order valence-electron chi connectivity index (χ1n) is 5.73. The second-order valence-electron chi connectivity index (χ2n) is 3.95. The van der Waals surface area contributed by atoms with Crippen molar-refractivity contribution < 1.29 is 8.94 Å². The molecule has 0 aliphatic rings. The minimum Gasteiger partial charge on any atom is -0.461 e. The van der Waals surface area contributed by atoms with E-state index in [9.17, 15) is 0 Å². The van der Waals surface area contributed by atoms with E-state index in [1.165, 1.54) is 0 Å². The average Bonchev–Trinajstić information content (AvgIpc) is 3.09. The zero-order valence-corrected chi connectivity index (χ0v) is 11.1. The van der Waals surface area contributed by atoms with Crippen molar-refractivity contribution in [3.05, 3.63) is 48.2 Å². The summed E-state index contributed by atoms with van der Waals surface area (Å²) in [5.74, 6) is 2.22. The Hall–Kier alpha value is -2.08. The van der Waals surface area contributed by atoms with E-state index in [0.717, 1.165) is 10.6 Å². The predicted molar refractivity (Wildman–Crippen MR) is 70.5 cm³/mol. The van der Waals surface area contributed by atoms with Crippen LogP contribution in [0.1, 0.15) is 11.5 Å². The van der Waals surface area contributed by atoms with Crippen molar-refractivity contribution in [3.63, 3.8) is 0 Å². The molecule has 0 atom stereocenters. The largest absolute Gasteiger partial charge is 0.461 e. The van der Waals surface area contributed by atoms with Gasteiger partial charge in [0.1, 0.15) is 0 Å². The van der Waals surface area contributed by atoms with Gasteiger partial charge in [-0.2, -0.15) is 4.98 Å². The van der Waals surface area contributed by atoms with Crippen LogP contribution >= 0.6 is 11.8 Å². The lowest BCUT2D eigenvalue weighted by Gasteiger charge is -1.97. The number of rotatable bonds is 4. The number of aryl methyl sites for hydroxylation is 1. The zero-order chi connectivity index (χ0) is 13.1. The number of thioether (sulfide) groups is 1. The Kier molecular flexibility index (Phi) is 3.33. The summed E-state index contributed by atoms with van der Waals surface area (Å²) in [4.78, 5) is 8.57. The summed E-state index contributed by atoms with van der Waals surface area (Å²) in [6.07, 6.45) is 3.42. The molecule has 3 heterocycles. The molecule has 0 aliphatic heterocycles. The molecule has 0 radical (unpaired) electrons. The Morgan fingerprint density at radius 3 is 2.95 bits per heavy atom. The zero-order valence-electron chi connectivity index (χ0n) is 10.2. The highest BCUT2D eigenvalue weighted by Gasteiger charge is 2.11. The molecule has 0 unspecified atom stereocenters. The molecule has 0 fully saturated rings. The number of aromatic nitrogens is 3. The van der Waals surface area contributed by atoms with Gasteiger partial charge >= 0.3 is 0 Å². The summed E-state index contributed by atoms with van der Waals surface area (Å²) in [7, 11) is 0. The number of furan rings is 1. The van der Waals surface area contributed by atoms with E-state index in [1.54, 1.807) is 30.2 Å². The van der Waals surface area contributed by atoms with Gasteiger partial charge in [0.05, 0.1) is 17.0 Å². The van der Waals surface area contributed by atoms with Crippen LogP contribution in [-0.2, 0) is 5.75 Å². The molecule has 0 amide bonds. The summed E-state index contributed by atoms with van der Waals surface area (Å²) in [5, 5.41) is 4.81. The monoisotopic (exact) mass is 273 g/mol. The van der Waals surface area contributed by atoms with E-state index >= 15 is 0 Å². The molecule has 0 saturated heterocycles. The third-order valence-electron chi connectivity index (χ3n) is 2.44. The molecule has 3 aromatic heterocycles. The van der Waals surface area contributed by atoms with Gasteiger partial charge in [0, 0.05) is 6.20 Å². The third-order valence-corrected chi connectivity index (χ3v) is 3.37. The first-order valence-corrected chi connectivity index (χ1v) is 6.72. The van der Waals surface area contributed by atoms with Crippen LogP contribution < -0.4 is 0 Å². The van der Waals surface area contributed by atoms with Crippen molar-refractivity contribution in [2.45, 2.75) is 17.7 Å². The van der Waals surface area contributed by atoms with Crippen molar-refractivity contribution in [1.29, 1.82) is 0 Å². The highest BCUT2D eigenvalue weighted by atomic mass is 32.2. The molecule has 6 heteroatoms. The highest BCUT2D eigenvalue weighted by Crippen LogP contribution is 2.22. The summed E-state index contributed by atoms with van der Waals surface area (Å²) in [5.41, 5.74) is 1.14. The number of hydrogen-bond donors (Lipinski definition) is 0. The van der Waals surface area contributed by atoms with Gasteiger partial charge in [-0.05, 0) is 30.7 Å². The second kappa shape index (κ2) is 5.27. The maximum absolute atomic E-state index is 5.20. The lowest BCUT2D eigenvalue weighted by Crippen LogP contribution is -1.84. The lowest BCUT2D eigenvalue weighted by atomic mass is 10.3. The van der Waals surface area contributed by atoms with Crippen molar-refractivity contribution >= 4 is 11.8 Å². The van der Waals surface area contributed by atoms with Crippen LogP contribution in [0, 0.1) is 6.92 Å². The molecule has 0 N–H and O–H groups in total. The number of nitrogens with zero attached hydrogens (tertiary/aromatic N) is 3. The van der Waals surface area contributed by atoms with Gasteiger partial charge in [-0.25, -0.2) is 4.98 Å². The fourth-order valence-electron chi connectivity index (χ4n) is 1.49. The molecule has 19 heavy (non-hydrogen) atoms. The molecule has 0 aliphatic carbocycles. The Labute approximate surface area is 114 Å². The Morgan fingerprint density at radius 2 is 2.21 bits per heavy atom. The van der Waals surface area contributed by atoms with Crippen LogP contribution in [0.3, 0.4) is 0 Å². The van der Waals surface area contributed by atoms with Crippen LogP contribution in [0.5, 0.6) is 0 Å². The standard InChI is InChI=1S/C13H11N3O2S/c1-9-4-5-12(14-7-9)19-8-11-15-13(16-18-11)10-3-2-6-17-10/h2-7H,8H2,1H3. The second-order valence-corrected chi connectivity index (χ2v) is 4.95. The van der Waals surface area contributed by atoms with Crippen LogP contribution in [0.2, 0.25) is 0 Å². The maximum atomic E-state index is 5.20. The van der Waals surface area contributed by atoms with Crippen molar-refractivity contribution in [2.24, 2.45) is 0 Å². The highest BCUT2D eigenvalue weighted by molar-refractivity contribution is 7.98. The fraction of sp³-hybridized carbons (Fsp3) is 0.154. The van der Waals surface area contributed by atoms with Crippen molar-refractivity contribution in [3.8, 4) is 11.6 Å². The van der Waals surface area contributed by atoms with Gasteiger partial charge in [0.2, 0.25) is 11.7 Å². The third kappa shape index (κ3) is 2.85. The van der Waals surface area contributed by atoms with Crippen LogP contribution in [0.15, 0.2) is 50.7 Å². The van der Waals surface area contributed by atoms with Gasteiger partial charge in [-0.3, -0.25) is 0 Å². The molecule has 0 saturated carbocycles. The molecule has 96 valence electrons. The number of pyridine rings is 1. The van der Waals surface area contributed by atoms with Crippen molar-refractivity contribution in [1.82, 2.24) is 15.1 Å². The van der Waals surface area contributed by atoms with Gasteiger partial charge in [-0.15, -0.1) is 0 Å². The molecule has 3 aromatic rings. The quantitative estimate of drug-likeness (QED) is 0.679.